The van der Waals surface area contributed by atoms with Gasteiger partial charge in [-0.2, -0.15) is 0 Å². The molecule has 0 radical (unpaired) electrons. The largest absolute Gasteiger partial charge is 0.478 e. The maximum atomic E-state index is 11.0. The maximum absolute atomic E-state index is 11.0. The van der Waals surface area contributed by atoms with Crippen LogP contribution >= 0.6 is 22.6 Å². The maximum Gasteiger partial charge on any atom is 0.348 e. The van der Waals surface area contributed by atoms with Crippen LogP contribution in [0, 0.1) is 0 Å². The molecule has 13 heavy (non-hydrogen) atoms. The zero-order chi connectivity index (χ0) is 9.90. The molecule has 0 aromatic carbocycles. The molecule has 0 heterocycles. The fourth-order valence-electron chi connectivity index (χ4n) is 1.55. The number of hydrogen-bond donors (Lipinski definition) is 1. The van der Waals surface area contributed by atoms with Gasteiger partial charge in [0.2, 0.25) is 5.60 Å². The predicted molar refractivity (Wildman–Crippen MR) is 53.8 cm³/mol. The molecule has 0 atom stereocenters. The Hall–Kier alpha value is -0.330. The van der Waals surface area contributed by atoms with Crippen LogP contribution in [0.2, 0.25) is 0 Å². The van der Waals surface area contributed by atoms with Crippen LogP contribution in [0.4, 0.5) is 0 Å². The molecular formula is C8H11IO4. The van der Waals surface area contributed by atoms with Crippen LogP contribution in [0.25, 0.3) is 0 Å². The molecular weight excluding hydrogens is 287 g/mol. The number of carbonyl (C=O) groups is 2. The summed E-state index contributed by atoms with van der Waals surface area (Å²) in [6, 6.07) is 0. The van der Waals surface area contributed by atoms with Gasteiger partial charge in [0.15, 0.2) is 0 Å². The van der Waals surface area contributed by atoms with E-state index < -0.39 is 17.5 Å². The van der Waals surface area contributed by atoms with Crippen LogP contribution in [0.15, 0.2) is 0 Å². The van der Waals surface area contributed by atoms with Crippen molar-refractivity contribution in [1.29, 1.82) is 0 Å². The second-order valence-electron chi connectivity index (χ2n) is 3.11. The third kappa shape index (κ3) is 2.32. The lowest BCUT2D eigenvalue weighted by atomic mass is 10.0. The lowest BCUT2D eigenvalue weighted by molar-refractivity contribution is -0.176. The van der Waals surface area contributed by atoms with E-state index in [0.717, 1.165) is 12.8 Å². The SMILES string of the molecule is O=C(CI)OC1(C(=O)O)CCCC1. The van der Waals surface area contributed by atoms with Crippen LogP contribution in [0.3, 0.4) is 0 Å². The number of rotatable bonds is 3. The van der Waals surface area contributed by atoms with Gasteiger partial charge in [-0.3, -0.25) is 4.79 Å². The van der Waals surface area contributed by atoms with Gasteiger partial charge < -0.3 is 9.84 Å². The van der Waals surface area contributed by atoms with E-state index >= 15 is 0 Å². The van der Waals surface area contributed by atoms with E-state index in [9.17, 15) is 9.59 Å². The van der Waals surface area contributed by atoms with Crippen LogP contribution in [-0.4, -0.2) is 27.1 Å². The number of ether oxygens (including phenoxy) is 1. The van der Waals surface area contributed by atoms with Crippen molar-refractivity contribution in [3.8, 4) is 0 Å². The number of esters is 1. The monoisotopic (exact) mass is 298 g/mol. The first-order valence-corrected chi connectivity index (χ1v) is 5.64. The summed E-state index contributed by atoms with van der Waals surface area (Å²) in [7, 11) is 0. The first kappa shape index (κ1) is 10.7. The Morgan fingerprint density at radius 2 is 1.92 bits per heavy atom. The number of hydrogen-bond acceptors (Lipinski definition) is 3. The molecule has 0 amide bonds. The third-order valence-corrected chi connectivity index (χ3v) is 2.84. The van der Waals surface area contributed by atoms with Gasteiger partial charge in [0.05, 0.1) is 4.43 Å². The van der Waals surface area contributed by atoms with Crippen molar-refractivity contribution in [3.63, 3.8) is 0 Å². The van der Waals surface area contributed by atoms with Gasteiger partial charge in [-0.25, -0.2) is 4.79 Å². The van der Waals surface area contributed by atoms with Crippen LogP contribution in [0.5, 0.6) is 0 Å². The van der Waals surface area contributed by atoms with Gasteiger partial charge in [-0.15, -0.1) is 0 Å². The number of carboxylic acids is 1. The second kappa shape index (κ2) is 4.26. The van der Waals surface area contributed by atoms with Crippen molar-refractivity contribution in [2.45, 2.75) is 31.3 Å². The molecule has 1 aliphatic rings. The van der Waals surface area contributed by atoms with E-state index in [4.69, 9.17) is 9.84 Å². The summed E-state index contributed by atoms with van der Waals surface area (Å²) >= 11 is 1.86. The van der Waals surface area contributed by atoms with Crippen LogP contribution in [0.1, 0.15) is 25.7 Å². The fourth-order valence-corrected chi connectivity index (χ4v) is 1.71. The minimum atomic E-state index is -1.22. The van der Waals surface area contributed by atoms with Gasteiger partial charge >= 0.3 is 11.9 Å². The van der Waals surface area contributed by atoms with Crippen molar-refractivity contribution in [2.75, 3.05) is 4.43 Å². The Balaban J connectivity index is 2.68. The Morgan fingerprint density at radius 3 is 2.31 bits per heavy atom. The summed E-state index contributed by atoms with van der Waals surface area (Å²) < 4.78 is 5.16. The Kier molecular flexibility index (Phi) is 3.52. The normalized spacial score (nSPS) is 19.8. The van der Waals surface area contributed by atoms with Crippen LogP contribution < -0.4 is 0 Å². The highest BCUT2D eigenvalue weighted by Crippen LogP contribution is 2.33. The molecule has 0 unspecified atom stereocenters. The molecule has 1 rings (SSSR count). The summed E-state index contributed by atoms with van der Waals surface area (Å²) in [6.45, 7) is 0. The molecule has 0 saturated heterocycles. The Morgan fingerprint density at radius 1 is 1.38 bits per heavy atom. The first-order chi connectivity index (χ1) is 6.10. The predicted octanol–water partition coefficient (Wildman–Crippen LogP) is 1.36. The number of carbonyl (C=O) groups excluding carboxylic acids is 1. The van der Waals surface area contributed by atoms with Gasteiger partial charge in [0, 0.05) is 0 Å². The minimum absolute atomic E-state index is 0.201. The zero-order valence-electron chi connectivity index (χ0n) is 7.09. The zero-order valence-corrected chi connectivity index (χ0v) is 9.24. The molecule has 1 aliphatic carbocycles. The lowest BCUT2D eigenvalue weighted by Gasteiger charge is -2.23. The fraction of sp³-hybridized carbons (Fsp3) is 0.750. The van der Waals surface area contributed by atoms with E-state index in [0.29, 0.717) is 12.8 Å². The lowest BCUT2D eigenvalue weighted by Crippen LogP contribution is -2.40. The molecule has 74 valence electrons. The summed E-state index contributed by atoms with van der Waals surface area (Å²) in [5.41, 5.74) is -1.22. The highest BCUT2D eigenvalue weighted by molar-refractivity contribution is 14.1. The number of alkyl halides is 1. The van der Waals surface area contributed by atoms with Gasteiger partial charge in [0.1, 0.15) is 0 Å². The molecule has 0 bridgehead atoms. The van der Waals surface area contributed by atoms with E-state index in [1.807, 2.05) is 22.6 Å². The van der Waals surface area contributed by atoms with E-state index in [1.165, 1.54) is 0 Å². The quantitative estimate of drug-likeness (QED) is 0.485. The van der Waals surface area contributed by atoms with E-state index in [-0.39, 0.29) is 4.43 Å². The van der Waals surface area contributed by atoms with Crippen molar-refractivity contribution < 1.29 is 19.4 Å². The van der Waals surface area contributed by atoms with E-state index in [2.05, 4.69) is 0 Å². The highest BCUT2D eigenvalue weighted by atomic mass is 127. The molecule has 0 aromatic heterocycles. The minimum Gasteiger partial charge on any atom is -0.478 e. The average Bonchev–Trinajstić information content (AvgIpc) is 2.54. The number of carboxylic acid groups (broad SMARTS) is 1. The van der Waals surface area contributed by atoms with Gasteiger partial charge in [-0.05, 0) is 25.7 Å². The van der Waals surface area contributed by atoms with Crippen molar-refractivity contribution in [3.05, 3.63) is 0 Å². The van der Waals surface area contributed by atoms with Crippen LogP contribution in [-0.2, 0) is 14.3 Å². The third-order valence-electron chi connectivity index (χ3n) is 2.22. The molecule has 0 spiro atoms. The summed E-state index contributed by atoms with van der Waals surface area (Å²) in [6.07, 6.45) is 2.54. The Bertz CT molecular complexity index is 220. The summed E-state index contributed by atoms with van der Waals surface area (Å²) in [4.78, 5) is 21.9. The first-order valence-electron chi connectivity index (χ1n) is 4.12. The number of halogens is 1. The second-order valence-corrected chi connectivity index (χ2v) is 3.88. The average molecular weight is 298 g/mol. The summed E-state index contributed by atoms with van der Waals surface area (Å²) in [5.74, 6) is -1.45. The topological polar surface area (TPSA) is 63.6 Å². The van der Waals surface area contributed by atoms with Gasteiger partial charge in [-0.1, -0.05) is 22.6 Å². The van der Waals surface area contributed by atoms with Crippen molar-refractivity contribution >= 4 is 34.5 Å². The smallest absolute Gasteiger partial charge is 0.348 e. The molecule has 1 N–H and O–H groups in total. The molecule has 4 nitrogen and oxygen atoms in total. The van der Waals surface area contributed by atoms with Gasteiger partial charge in [0.25, 0.3) is 0 Å². The van der Waals surface area contributed by atoms with Crippen molar-refractivity contribution in [1.82, 2.24) is 0 Å². The standard InChI is InChI=1S/C8H11IO4/c9-5-6(10)13-8(7(11)12)3-1-2-4-8/h1-5H2,(H,11,12). The molecule has 0 aromatic rings. The molecule has 5 heteroatoms. The molecule has 0 aliphatic heterocycles. The number of aliphatic carboxylic acids is 1. The summed E-state index contributed by atoms with van der Waals surface area (Å²) in [5, 5.41) is 8.93. The highest BCUT2D eigenvalue weighted by Gasteiger charge is 2.44. The molecule has 1 saturated carbocycles. The Labute approximate surface area is 89.8 Å². The van der Waals surface area contributed by atoms with E-state index in [1.54, 1.807) is 0 Å². The molecule has 1 fully saturated rings. The van der Waals surface area contributed by atoms with Crippen molar-refractivity contribution in [2.24, 2.45) is 0 Å².